The fourth-order valence-corrected chi connectivity index (χ4v) is 3.10. The van der Waals surface area contributed by atoms with Crippen molar-refractivity contribution in [2.24, 2.45) is 0 Å². The number of aromatic amines is 1. The van der Waals surface area contributed by atoms with Gasteiger partial charge in [0.25, 0.3) is 0 Å². The van der Waals surface area contributed by atoms with Gasteiger partial charge in [0.1, 0.15) is 5.75 Å². The Labute approximate surface area is 110 Å². The van der Waals surface area contributed by atoms with E-state index in [0.29, 0.717) is 5.75 Å². The van der Waals surface area contributed by atoms with Crippen molar-refractivity contribution < 1.29 is 5.11 Å². The van der Waals surface area contributed by atoms with Crippen LogP contribution in [0.4, 0.5) is 0 Å². The third-order valence-corrected chi connectivity index (χ3v) is 4.09. The van der Waals surface area contributed by atoms with E-state index in [4.69, 9.17) is 0 Å². The Hall–Kier alpha value is -1.87. The summed E-state index contributed by atoms with van der Waals surface area (Å²) in [6.45, 7) is 2.07. The average Bonchev–Trinajstić information content (AvgIpc) is 2.66. The van der Waals surface area contributed by atoms with E-state index in [1.165, 1.54) is 10.3 Å². The van der Waals surface area contributed by atoms with Crippen LogP contribution in [-0.4, -0.2) is 10.1 Å². The fraction of sp³-hybridized carbons (Fsp3) is 0.0667. The molecule has 2 aromatic carbocycles. The Bertz CT molecular complexity index is 703. The predicted octanol–water partition coefficient (Wildman–Crippen LogP) is 4.33. The Morgan fingerprint density at radius 2 is 1.89 bits per heavy atom. The van der Waals surface area contributed by atoms with Crippen LogP contribution in [0.5, 0.6) is 5.75 Å². The maximum Gasteiger partial charge on any atom is 0.116 e. The normalized spacial score (nSPS) is 10.9. The number of benzene rings is 2. The molecule has 2 N–H and O–H groups in total. The van der Waals surface area contributed by atoms with Gasteiger partial charge in [-0.25, -0.2) is 0 Å². The van der Waals surface area contributed by atoms with E-state index in [0.717, 1.165) is 16.1 Å². The first-order chi connectivity index (χ1) is 8.74. The average molecular weight is 255 g/mol. The molecule has 18 heavy (non-hydrogen) atoms. The van der Waals surface area contributed by atoms with Crippen molar-refractivity contribution in [1.82, 2.24) is 4.98 Å². The summed E-state index contributed by atoms with van der Waals surface area (Å²) in [6.07, 6.45) is 0. The molecule has 0 amide bonds. The van der Waals surface area contributed by atoms with Gasteiger partial charge in [0.05, 0.1) is 0 Å². The van der Waals surface area contributed by atoms with Crippen LogP contribution in [0.25, 0.3) is 10.9 Å². The topological polar surface area (TPSA) is 36.0 Å². The monoisotopic (exact) mass is 255 g/mol. The molecule has 0 bridgehead atoms. The van der Waals surface area contributed by atoms with Crippen molar-refractivity contribution in [3.05, 3.63) is 54.2 Å². The van der Waals surface area contributed by atoms with Gasteiger partial charge in [-0.15, -0.1) is 0 Å². The lowest BCUT2D eigenvalue weighted by molar-refractivity contribution is 0.474. The number of fused-ring (bicyclic) bond motifs is 1. The molecule has 90 valence electrons. The molecule has 0 unspecified atom stereocenters. The molecule has 0 aliphatic rings. The van der Waals surface area contributed by atoms with E-state index in [-0.39, 0.29) is 0 Å². The minimum Gasteiger partial charge on any atom is -0.508 e. The number of phenols is 1. The Balaban J connectivity index is 2.07. The number of H-pyrrole nitrogens is 1. The predicted molar refractivity (Wildman–Crippen MR) is 75.3 cm³/mol. The summed E-state index contributed by atoms with van der Waals surface area (Å²) in [5.74, 6) is 0.303. The second kappa shape index (κ2) is 4.42. The lowest BCUT2D eigenvalue weighted by Crippen LogP contribution is -1.75. The molecule has 0 radical (unpaired) electrons. The zero-order chi connectivity index (χ0) is 12.5. The molecule has 3 aromatic rings. The summed E-state index contributed by atoms with van der Waals surface area (Å²) >= 11 is 1.67. The van der Waals surface area contributed by atoms with Crippen molar-refractivity contribution in [3.8, 4) is 5.75 Å². The number of aromatic hydroxyl groups is 1. The van der Waals surface area contributed by atoms with Gasteiger partial charge in [0.15, 0.2) is 0 Å². The molecule has 1 aromatic heterocycles. The van der Waals surface area contributed by atoms with Gasteiger partial charge < -0.3 is 10.1 Å². The van der Waals surface area contributed by atoms with Crippen molar-refractivity contribution in [3.63, 3.8) is 0 Å². The van der Waals surface area contributed by atoms with E-state index in [9.17, 15) is 5.11 Å². The first-order valence-electron chi connectivity index (χ1n) is 5.78. The van der Waals surface area contributed by atoms with Crippen molar-refractivity contribution in [2.45, 2.75) is 16.7 Å². The lowest BCUT2D eigenvalue weighted by atomic mass is 10.2. The molecular weight excluding hydrogens is 242 g/mol. The number of para-hydroxylation sites is 1. The molecule has 2 nitrogen and oxygen atoms in total. The first-order valence-corrected chi connectivity index (χ1v) is 6.60. The molecule has 3 rings (SSSR count). The summed E-state index contributed by atoms with van der Waals surface area (Å²) in [6, 6.07) is 15.6. The van der Waals surface area contributed by atoms with Crippen LogP contribution < -0.4 is 0 Å². The van der Waals surface area contributed by atoms with Gasteiger partial charge >= 0.3 is 0 Å². The Morgan fingerprint density at radius 3 is 2.72 bits per heavy atom. The molecule has 3 heteroatoms. The summed E-state index contributed by atoms with van der Waals surface area (Å²) < 4.78 is 0. The van der Waals surface area contributed by atoms with Crippen molar-refractivity contribution in [1.29, 1.82) is 0 Å². The van der Waals surface area contributed by atoms with Crippen LogP contribution in [0.2, 0.25) is 0 Å². The smallest absolute Gasteiger partial charge is 0.116 e. The number of phenolic OH excluding ortho intramolecular Hbond substituents is 1. The van der Waals surface area contributed by atoms with E-state index < -0.39 is 0 Å². The Kier molecular flexibility index (Phi) is 2.76. The summed E-state index contributed by atoms with van der Waals surface area (Å²) in [5, 5.41) is 10.7. The quantitative estimate of drug-likeness (QED) is 0.715. The molecule has 0 fully saturated rings. The summed E-state index contributed by atoms with van der Waals surface area (Å²) in [4.78, 5) is 5.64. The minimum atomic E-state index is 0.303. The standard InChI is InChI=1S/C15H13NOS/c1-10-15(13-7-2-3-8-14(13)16-10)18-12-6-4-5-11(17)9-12/h2-9,16-17H,1H3. The van der Waals surface area contributed by atoms with Crippen LogP contribution in [0.3, 0.4) is 0 Å². The van der Waals surface area contributed by atoms with Gasteiger partial charge in [-0.2, -0.15) is 0 Å². The lowest BCUT2D eigenvalue weighted by Gasteiger charge is -2.02. The largest absolute Gasteiger partial charge is 0.508 e. The fourth-order valence-electron chi connectivity index (χ4n) is 2.05. The van der Waals surface area contributed by atoms with E-state index >= 15 is 0 Å². The van der Waals surface area contributed by atoms with Crippen LogP contribution in [0.1, 0.15) is 5.69 Å². The van der Waals surface area contributed by atoms with Crippen LogP contribution >= 0.6 is 11.8 Å². The minimum absolute atomic E-state index is 0.303. The second-order valence-corrected chi connectivity index (χ2v) is 5.31. The van der Waals surface area contributed by atoms with Gasteiger partial charge in [-0.1, -0.05) is 36.0 Å². The van der Waals surface area contributed by atoms with Gasteiger partial charge in [-0.3, -0.25) is 0 Å². The molecule has 0 spiro atoms. The molecular formula is C15H13NOS. The summed E-state index contributed by atoms with van der Waals surface area (Å²) in [7, 11) is 0. The molecule has 0 aliphatic carbocycles. The highest BCUT2D eigenvalue weighted by Gasteiger charge is 2.09. The number of rotatable bonds is 2. The van der Waals surface area contributed by atoms with E-state index in [1.54, 1.807) is 23.9 Å². The molecule has 0 saturated heterocycles. The number of hydrogen-bond donors (Lipinski definition) is 2. The SMILES string of the molecule is Cc1[nH]c2ccccc2c1Sc1cccc(O)c1. The maximum atomic E-state index is 9.50. The molecule has 0 atom stereocenters. The third-order valence-electron chi connectivity index (χ3n) is 2.87. The van der Waals surface area contributed by atoms with Gasteiger partial charge in [0, 0.05) is 26.4 Å². The van der Waals surface area contributed by atoms with Crippen molar-refractivity contribution >= 4 is 22.7 Å². The maximum absolute atomic E-state index is 9.50. The van der Waals surface area contributed by atoms with Crippen LogP contribution in [0.15, 0.2) is 58.3 Å². The number of nitrogens with one attached hydrogen (secondary N) is 1. The number of hydrogen-bond acceptors (Lipinski definition) is 2. The highest BCUT2D eigenvalue weighted by atomic mass is 32.2. The zero-order valence-corrected chi connectivity index (χ0v) is 10.8. The van der Waals surface area contributed by atoms with Gasteiger partial charge in [-0.05, 0) is 31.2 Å². The van der Waals surface area contributed by atoms with E-state index in [2.05, 4.69) is 24.0 Å². The second-order valence-electron chi connectivity index (χ2n) is 4.22. The number of aryl methyl sites for hydroxylation is 1. The molecule has 0 aliphatic heterocycles. The third kappa shape index (κ3) is 1.97. The highest BCUT2D eigenvalue weighted by molar-refractivity contribution is 7.99. The van der Waals surface area contributed by atoms with Crippen LogP contribution in [0, 0.1) is 6.92 Å². The van der Waals surface area contributed by atoms with Crippen LogP contribution in [-0.2, 0) is 0 Å². The van der Waals surface area contributed by atoms with Gasteiger partial charge in [0.2, 0.25) is 0 Å². The number of aromatic nitrogens is 1. The van der Waals surface area contributed by atoms with Crippen molar-refractivity contribution in [2.75, 3.05) is 0 Å². The Morgan fingerprint density at radius 1 is 1.06 bits per heavy atom. The molecule has 0 saturated carbocycles. The zero-order valence-electron chi connectivity index (χ0n) is 9.97. The first kappa shape index (κ1) is 11.2. The highest BCUT2D eigenvalue weighted by Crippen LogP contribution is 2.37. The molecule has 1 heterocycles. The summed E-state index contributed by atoms with van der Waals surface area (Å²) in [5.41, 5.74) is 2.31. The van der Waals surface area contributed by atoms with E-state index in [1.807, 2.05) is 24.3 Å².